The van der Waals surface area contributed by atoms with Crippen LogP contribution in [-0.2, 0) is 12.8 Å². The van der Waals surface area contributed by atoms with Gasteiger partial charge < -0.3 is 9.73 Å². The Bertz CT molecular complexity index is 564. The van der Waals surface area contributed by atoms with Crippen LogP contribution in [0.15, 0.2) is 28.7 Å². The third-order valence-electron chi connectivity index (χ3n) is 3.74. The van der Waals surface area contributed by atoms with E-state index < -0.39 is 0 Å². The maximum absolute atomic E-state index is 13.5. The SMILES string of the molecule is Fc1ccccc1CCc1nnc(C2CCNCC2)o1. The van der Waals surface area contributed by atoms with Crippen molar-refractivity contribution in [2.75, 3.05) is 13.1 Å². The molecule has 20 heavy (non-hydrogen) atoms. The van der Waals surface area contributed by atoms with Crippen LogP contribution in [0.2, 0.25) is 0 Å². The standard InChI is InChI=1S/C15H18FN3O/c16-13-4-2-1-3-11(13)5-6-14-18-19-15(20-14)12-7-9-17-10-8-12/h1-4,12,17H,5-10H2. The molecule has 2 aromatic rings. The van der Waals surface area contributed by atoms with Crippen molar-refractivity contribution in [3.63, 3.8) is 0 Å². The summed E-state index contributed by atoms with van der Waals surface area (Å²) in [5.41, 5.74) is 0.689. The molecule has 0 bridgehead atoms. The Morgan fingerprint density at radius 2 is 1.95 bits per heavy atom. The lowest BCUT2D eigenvalue weighted by Gasteiger charge is -2.18. The molecule has 1 aromatic heterocycles. The first-order chi connectivity index (χ1) is 9.83. The lowest BCUT2D eigenvalue weighted by Crippen LogP contribution is -2.26. The molecule has 0 amide bonds. The maximum atomic E-state index is 13.5. The Morgan fingerprint density at radius 3 is 2.75 bits per heavy atom. The molecular formula is C15H18FN3O. The lowest BCUT2D eigenvalue weighted by atomic mass is 9.98. The van der Waals surface area contributed by atoms with Crippen molar-refractivity contribution in [1.82, 2.24) is 15.5 Å². The number of halogens is 1. The van der Waals surface area contributed by atoms with Crippen LogP contribution in [0.1, 0.15) is 36.1 Å². The number of aryl methyl sites for hydroxylation is 2. The highest BCUT2D eigenvalue weighted by Gasteiger charge is 2.21. The van der Waals surface area contributed by atoms with Crippen LogP contribution < -0.4 is 5.32 Å². The zero-order chi connectivity index (χ0) is 13.8. The summed E-state index contributed by atoms with van der Waals surface area (Å²) >= 11 is 0. The van der Waals surface area contributed by atoms with Crippen molar-refractivity contribution in [3.8, 4) is 0 Å². The Labute approximate surface area is 117 Å². The summed E-state index contributed by atoms with van der Waals surface area (Å²) in [5.74, 6) is 1.52. The molecule has 1 saturated heterocycles. The van der Waals surface area contributed by atoms with E-state index in [2.05, 4.69) is 15.5 Å². The predicted octanol–water partition coefficient (Wildman–Crippen LogP) is 2.46. The van der Waals surface area contributed by atoms with Gasteiger partial charge in [0.1, 0.15) is 5.82 Å². The van der Waals surface area contributed by atoms with Crippen LogP contribution >= 0.6 is 0 Å². The lowest BCUT2D eigenvalue weighted by molar-refractivity contribution is 0.360. The van der Waals surface area contributed by atoms with E-state index in [4.69, 9.17) is 4.42 Å². The molecule has 2 heterocycles. The van der Waals surface area contributed by atoms with Gasteiger partial charge in [-0.25, -0.2) is 4.39 Å². The highest BCUT2D eigenvalue weighted by Crippen LogP contribution is 2.24. The fourth-order valence-electron chi connectivity index (χ4n) is 2.54. The summed E-state index contributed by atoms with van der Waals surface area (Å²) in [6, 6.07) is 6.80. The van der Waals surface area contributed by atoms with Gasteiger partial charge in [0, 0.05) is 12.3 Å². The van der Waals surface area contributed by atoms with Gasteiger partial charge >= 0.3 is 0 Å². The maximum Gasteiger partial charge on any atom is 0.219 e. The molecule has 0 unspecified atom stereocenters. The third kappa shape index (κ3) is 3.04. The third-order valence-corrected chi connectivity index (χ3v) is 3.74. The first-order valence-electron chi connectivity index (χ1n) is 7.09. The van der Waals surface area contributed by atoms with E-state index in [-0.39, 0.29) is 5.82 Å². The quantitative estimate of drug-likeness (QED) is 0.931. The molecule has 0 saturated carbocycles. The summed E-state index contributed by atoms with van der Waals surface area (Å²) in [7, 11) is 0. The van der Waals surface area contributed by atoms with Gasteiger partial charge in [-0.15, -0.1) is 10.2 Å². The summed E-state index contributed by atoms with van der Waals surface area (Å²) < 4.78 is 19.2. The van der Waals surface area contributed by atoms with Crippen LogP contribution in [0.5, 0.6) is 0 Å². The average Bonchev–Trinajstić information content (AvgIpc) is 2.96. The normalized spacial score (nSPS) is 16.4. The van der Waals surface area contributed by atoms with Crippen molar-refractivity contribution in [2.45, 2.75) is 31.6 Å². The van der Waals surface area contributed by atoms with E-state index in [1.54, 1.807) is 12.1 Å². The molecular weight excluding hydrogens is 257 g/mol. The van der Waals surface area contributed by atoms with E-state index in [9.17, 15) is 4.39 Å². The highest BCUT2D eigenvalue weighted by molar-refractivity contribution is 5.17. The zero-order valence-corrected chi connectivity index (χ0v) is 11.3. The minimum absolute atomic E-state index is 0.175. The van der Waals surface area contributed by atoms with Crippen molar-refractivity contribution < 1.29 is 8.81 Å². The minimum Gasteiger partial charge on any atom is -0.425 e. The second-order valence-corrected chi connectivity index (χ2v) is 5.15. The monoisotopic (exact) mass is 275 g/mol. The molecule has 1 N–H and O–H groups in total. The number of nitrogens with one attached hydrogen (secondary N) is 1. The minimum atomic E-state index is -0.175. The topological polar surface area (TPSA) is 51.0 Å². The van der Waals surface area contributed by atoms with Crippen LogP contribution in [0, 0.1) is 5.82 Å². The molecule has 0 radical (unpaired) electrons. The molecule has 1 aromatic carbocycles. The van der Waals surface area contributed by atoms with E-state index >= 15 is 0 Å². The zero-order valence-electron chi connectivity index (χ0n) is 11.3. The van der Waals surface area contributed by atoms with Gasteiger partial charge in [0.05, 0.1) is 0 Å². The molecule has 1 aliphatic heterocycles. The Hall–Kier alpha value is -1.75. The average molecular weight is 275 g/mol. The van der Waals surface area contributed by atoms with Crippen molar-refractivity contribution >= 4 is 0 Å². The number of benzene rings is 1. The molecule has 0 aliphatic carbocycles. The molecule has 106 valence electrons. The smallest absolute Gasteiger partial charge is 0.219 e. The van der Waals surface area contributed by atoms with Gasteiger partial charge in [-0.2, -0.15) is 0 Å². The van der Waals surface area contributed by atoms with Crippen LogP contribution in [0.3, 0.4) is 0 Å². The Kier molecular flexibility index (Phi) is 4.06. The Morgan fingerprint density at radius 1 is 1.15 bits per heavy atom. The van der Waals surface area contributed by atoms with Crippen LogP contribution in [0.4, 0.5) is 4.39 Å². The van der Waals surface area contributed by atoms with Gasteiger partial charge in [0.2, 0.25) is 11.8 Å². The van der Waals surface area contributed by atoms with Gasteiger partial charge in [-0.1, -0.05) is 18.2 Å². The molecule has 5 heteroatoms. The second kappa shape index (κ2) is 6.13. The highest BCUT2D eigenvalue weighted by atomic mass is 19.1. The fraction of sp³-hybridized carbons (Fsp3) is 0.467. The fourth-order valence-corrected chi connectivity index (χ4v) is 2.54. The first kappa shape index (κ1) is 13.2. The molecule has 3 rings (SSSR count). The van der Waals surface area contributed by atoms with Crippen molar-refractivity contribution in [2.24, 2.45) is 0 Å². The van der Waals surface area contributed by atoms with Crippen molar-refractivity contribution in [1.29, 1.82) is 0 Å². The van der Waals surface area contributed by atoms with Gasteiger partial charge in [0.25, 0.3) is 0 Å². The van der Waals surface area contributed by atoms with Gasteiger partial charge in [0.15, 0.2) is 0 Å². The number of hydrogen-bond acceptors (Lipinski definition) is 4. The van der Waals surface area contributed by atoms with Crippen LogP contribution in [-0.4, -0.2) is 23.3 Å². The van der Waals surface area contributed by atoms with Crippen LogP contribution in [0.25, 0.3) is 0 Å². The predicted molar refractivity (Wildman–Crippen MR) is 73.0 cm³/mol. The molecule has 1 fully saturated rings. The number of nitrogens with zero attached hydrogens (tertiary/aromatic N) is 2. The Balaban J connectivity index is 1.61. The van der Waals surface area contributed by atoms with E-state index in [1.807, 2.05) is 6.07 Å². The second-order valence-electron chi connectivity index (χ2n) is 5.15. The first-order valence-corrected chi connectivity index (χ1v) is 7.09. The van der Waals surface area contributed by atoms with Gasteiger partial charge in [-0.05, 0) is 44.0 Å². The summed E-state index contributed by atoms with van der Waals surface area (Å²) in [6.45, 7) is 2.00. The van der Waals surface area contributed by atoms with E-state index in [0.29, 0.717) is 30.2 Å². The summed E-state index contributed by atoms with van der Waals surface area (Å²) in [4.78, 5) is 0. The largest absolute Gasteiger partial charge is 0.425 e. The summed E-state index contributed by atoms with van der Waals surface area (Å²) in [5, 5.41) is 11.5. The molecule has 0 atom stereocenters. The van der Waals surface area contributed by atoms with E-state index in [1.165, 1.54) is 6.07 Å². The molecule has 4 nitrogen and oxygen atoms in total. The molecule has 0 spiro atoms. The summed E-state index contributed by atoms with van der Waals surface area (Å²) in [6.07, 6.45) is 3.24. The number of aromatic nitrogens is 2. The number of hydrogen-bond donors (Lipinski definition) is 1. The molecule has 1 aliphatic rings. The number of piperidine rings is 1. The van der Waals surface area contributed by atoms with Crippen molar-refractivity contribution in [3.05, 3.63) is 47.4 Å². The van der Waals surface area contributed by atoms with Gasteiger partial charge in [-0.3, -0.25) is 0 Å². The number of rotatable bonds is 4. The van der Waals surface area contributed by atoms with E-state index in [0.717, 1.165) is 31.8 Å².